The van der Waals surface area contributed by atoms with Gasteiger partial charge < -0.3 is 9.88 Å². The maximum absolute atomic E-state index is 14.9. The van der Waals surface area contributed by atoms with Gasteiger partial charge in [-0.2, -0.15) is 8.78 Å². The summed E-state index contributed by atoms with van der Waals surface area (Å²) >= 11 is 0. The van der Waals surface area contributed by atoms with Crippen LogP contribution in [0.15, 0.2) is 36.5 Å². The van der Waals surface area contributed by atoms with E-state index in [1.807, 2.05) is 0 Å². The number of hydrogen-bond acceptors (Lipinski definition) is 4. The fourth-order valence-corrected chi connectivity index (χ4v) is 4.60. The number of piperidine rings is 1. The first-order valence-corrected chi connectivity index (χ1v) is 11.7. The summed E-state index contributed by atoms with van der Waals surface area (Å²) in [6.07, 6.45) is 4.20. The zero-order valence-corrected chi connectivity index (χ0v) is 19.8. The van der Waals surface area contributed by atoms with E-state index in [0.29, 0.717) is 33.7 Å². The lowest BCUT2D eigenvalue weighted by Gasteiger charge is -2.25. The van der Waals surface area contributed by atoms with E-state index in [2.05, 4.69) is 20.0 Å². The molecule has 3 aromatic rings. The number of benzene rings is 1. The number of rotatable bonds is 7. The van der Waals surface area contributed by atoms with Gasteiger partial charge in [0.15, 0.2) is 11.5 Å². The van der Waals surface area contributed by atoms with Gasteiger partial charge in [0.1, 0.15) is 0 Å². The van der Waals surface area contributed by atoms with Gasteiger partial charge in [0.25, 0.3) is 5.91 Å². The van der Waals surface area contributed by atoms with E-state index in [1.165, 1.54) is 6.07 Å². The van der Waals surface area contributed by atoms with Crippen LogP contribution in [0.5, 0.6) is 0 Å². The Kier molecular flexibility index (Phi) is 6.94. The summed E-state index contributed by atoms with van der Waals surface area (Å²) in [6.45, 7) is 12.5. The zero-order valence-electron chi connectivity index (χ0n) is 19.8. The molecular formula is C26H27F2N5O2. The van der Waals surface area contributed by atoms with E-state index in [1.54, 1.807) is 42.7 Å². The summed E-state index contributed by atoms with van der Waals surface area (Å²) in [7, 11) is 0. The van der Waals surface area contributed by atoms with Gasteiger partial charge in [-0.25, -0.2) is 4.85 Å². The number of halogens is 2. The second kappa shape index (κ2) is 9.92. The van der Waals surface area contributed by atoms with Gasteiger partial charge in [0.2, 0.25) is 0 Å². The third-order valence-corrected chi connectivity index (χ3v) is 6.36. The molecule has 0 bridgehead atoms. The number of amides is 1. The van der Waals surface area contributed by atoms with E-state index < -0.39 is 17.4 Å². The molecule has 2 aromatic heterocycles. The number of alkyl halides is 2. The van der Waals surface area contributed by atoms with Crippen molar-refractivity contribution in [1.82, 2.24) is 19.8 Å². The van der Waals surface area contributed by atoms with Crippen LogP contribution in [0.2, 0.25) is 0 Å². The van der Waals surface area contributed by atoms with E-state index in [-0.39, 0.29) is 18.9 Å². The van der Waals surface area contributed by atoms with Gasteiger partial charge in [-0.15, -0.1) is 0 Å². The lowest BCUT2D eigenvalue weighted by atomic mass is 10.1. The van der Waals surface area contributed by atoms with Crippen LogP contribution in [0.1, 0.15) is 47.8 Å². The Labute approximate surface area is 202 Å². The average Bonchev–Trinajstić information content (AvgIpc) is 3.15. The van der Waals surface area contributed by atoms with Crippen molar-refractivity contribution in [2.45, 2.75) is 39.0 Å². The molecule has 1 saturated heterocycles. The number of aromatic nitrogens is 2. The van der Waals surface area contributed by atoms with E-state index in [0.717, 1.165) is 38.5 Å². The molecule has 0 spiro atoms. The van der Waals surface area contributed by atoms with Crippen molar-refractivity contribution in [3.8, 4) is 5.69 Å². The molecule has 9 heteroatoms. The van der Waals surface area contributed by atoms with Gasteiger partial charge >= 0.3 is 5.92 Å². The van der Waals surface area contributed by atoms with Crippen molar-refractivity contribution in [3.05, 3.63) is 64.8 Å². The Morgan fingerprint density at radius 1 is 1.17 bits per heavy atom. The second-order valence-corrected chi connectivity index (χ2v) is 8.71. The predicted octanol–water partition coefficient (Wildman–Crippen LogP) is 4.78. The van der Waals surface area contributed by atoms with Crippen LogP contribution >= 0.6 is 0 Å². The molecule has 35 heavy (non-hydrogen) atoms. The molecule has 0 saturated carbocycles. The van der Waals surface area contributed by atoms with Gasteiger partial charge in [0, 0.05) is 24.1 Å². The molecule has 1 aromatic carbocycles. The molecule has 182 valence electrons. The molecular weight excluding hydrogens is 452 g/mol. The molecule has 3 heterocycles. The van der Waals surface area contributed by atoms with E-state index >= 15 is 0 Å². The van der Waals surface area contributed by atoms with Crippen molar-refractivity contribution in [3.63, 3.8) is 0 Å². The molecule has 0 radical (unpaired) electrons. The monoisotopic (exact) mass is 479 g/mol. The van der Waals surface area contributed by atoms with Crippen molar-refractivity contribution in [2.75, 3.05) is 26.2 Å². The Morgan fingerprint density at radius 2 is 1.86 bits per heavy atom. The van der Waals surface area contributed by atoms with Crippen LogP contribution in [0.25, 0.3) is 21.6 Å². The second-order valence-electron chi connectivity index (χ2n) is 8.71. The highest BCUT2D eigenvalue weighted by molar-refractivity contribution is 6.09. The fourth-order valence-electron chi connectivity index (χ4n) is 4.60. The maximum atomic E-state index is 14.9. The zero-order chi connectivity index (χ0) is 25.2. The molecule has 7 nitrogen and oxygen atoms in total. The summed E-state index contributed by atoms with van der Waals surface area (Å²) in [5.41, 5.74) is 2.07. The molecule has 4 rings (SSSR count). The Bertz CT molecular complexity index is 1300. The van der Waals surface area contributed by atoms with Crippen LogP contribution in [-0.2, 0) is 10.7 Å². The number of hydrogen-bond donors (Lipinski definition) is 1. The summed E-state index contributed by atoms with van der Waals surface area (Å²) < 4.78 is 31.5. The Balaban J connectivity index is 1.86. The Morgan fingerprint density at radius 3 is 2.49 bits per heavy atom. The highest BCUT2D eigenvalue weighted by Crippen LogP contribution is 2.34. The number of nitrogens with one attached hydrogen (secondary N) is 1. The number of carbonyl (C=O) groups excluding carboxylic acids is 2. The predicted molar refractivity (Wildman–Crippen MR) is 129 cm³/mol. The van der Waals surface area contributed by atoms with Crippen molar-refractivity contribution in [2.24, 2.45) is 0 Å². The summed E-state index contributed by atoms with van der Waals surface area (Å²) in [4.78, 5) is 35.2. The normalized spacial score (nSPS) is 14.6. The smallest absolute Gasteiger partial charge is 0.351 e. The highest BCUT2D eigenvalue weighted by Gasteiger charge is 2.41. The summed E-state index contributed by atoms with van der Waals surface area (Å²) in [6, 6.07) is 7.89. The minimum Gasteiger partial charge on any atom is -0.351 e. The van der Waals surface area contributed by atoms with Gasteiger partial charge in [0.05, 0.1) is 35.3 Å². The SMILES string of the molecule is [C-]#[N+]c1ccc(-n2c(C)c(C(=O)CN3CCCCC3)c3ncc(C(F)(F)C(=O)NCC)cc32)cc1. The molecule has 1 fully saturated rings. The third-order valence-electron chi connectivity index (χ3n) is 6.36. The lowest BCUT2D eigenvalue weighted by Crippen LogP contribution is -2.38. The number of fused-ring (bicyclic) bond motifs is 1. The van der Waals surface area contributed by atoms with Crippen LogP contribution in [0.4, 0.5) is 14.5 Å². The molecule has 1 aliphatic rings. The minimum absolute atomic E-state index is 0.0716. The summed E-state index contributed by atoms with van der Waals surface area (Å²) in [5.74, 6) is -5.31. The van der Waals surface area contributed by atoms with Crippen LogP contribution in [-0.4, -0.2) is 52.3 Å². The van der Waals surface area contributed by atoms with E-state index in [4.69, 9.17) is 6.57 Å². The first kappa shape index (κ1) is 24.5. The highest BCUT2D eigenvalue weighted by atomic mass is 19.3. The number of ketones is 1. The fraction of sp³-hybridized carbons (Fsp3) is 0.385. The van der Waals surface area contributed by atoms with Crippen LogP contribution in [0, 0.1) is 13.5 Å². The van der Waals surface area contributed by atoms with Gasteiger partial charge in [-0.1, -0.05) is 18.6 Å². The van der Waals surface area contributed by atoms with E-state index in [9.17, 15) is 18.4 Å². The first-order chi connectivity index (χ1) is 16.8. The maximum Gasteiger partial charge on any atom is 0.351 e. The van der Waals surface area contributed by atoms with Crippen LogP contribution < -0.4 is 5.32 Å². The lowest BCUT2D eigenvalue weighted by molar-refractivity contribution is -0.146. The number of nitrogens with zero attached hydrogens (tertiary/aromatic N) is 4. The average molecular weight is 480 g/mol. The molecule has 0 unspecified atom stereocenters. The topological polar surface area (TPSA) is 71.6 Å². The molecule has 0 atom stereocenters. The van der Waals surface area contributed by atoms with Crippen molar-refractivity contribution >= 4 is 28.4 Å². The molecule has 1 N–H and O–H groups in total. The first-order valence-electron chi connectivity index (χ1n) is 11.7. The third kappa shape index (κ3) is 4.66. The standard InChI is InChI=1S/C26H27F2N5O2/c1-4-30-25(35)26(27,28)18-14-21-24(31-15-18)23(22(34)16-32-12-6-5-7-13-32)17(2)33(21)20-10-8-19(29-3)9-11-20/h8-11,14-15H,4-7,12-13,16H2,1-2H3,(H,30,35). The van der Waals surface area contributed by atoms with Crippen molar-refractivity contribution in [1.29, 1.82) is 0 Å². The molecule has 0 aliphatic carbocycles. The number of pyridine rings is 1. The summed E-state index contributed by atoms with van der Waals surface area (Å²) in [5, 5.41) is 2.16. The number of likely N-dealkylation sites (tertiary alicyclic amines) is 1. The van der Waals surface area contributed by atoms with Gasteiger partial charge in [-0.3, -0.25) is 19.5 Å². The molecule has 1 amide bonds. The molecule has 1 aliphatic heterocycles. The quantitative estimate of drug-likeness (QED) is 0.391. The number of carbonyl (C=O) groups is 2. The van der Waals surface area contributed by atoms with Crippen molar-refractivity contribution < 1.29 is 18.4 Å². The van der Waals surface area contributed by atoms with Gasteiger partial charge in [-0.05, 0) is 58.0 Å². The largest absolute Gasteiger partial charge is 0.351 e. The minimum atomic E-state index is -3.79. The van der Waals surface area contributed by atoms with Crippen LogP contribution in [0.3, 0.4) is 0 Å². The number of Topliss-reactive ketones (excluding diaryl/α,β-unsaturated/α-hetero) is 1. The Hall–Kier alpha value is -3.64. The number of likely N-dealkylation sites (N-methyl/N-ethyl adjacent to an activating group) is 1.